The molecule has 2 heterocycles. The summed E-state index contributed by atoms with van der Waals surface area (Å²) in [5.74, 6) is 0. The maximum absolute atomic E-state index is 8.86. The summed E-state index contributed by atoms with van der Waals surface area (Å²) in [6.07, 6.45) is -0.880. The van der Waals surface area contributed by atoms with Crippen LogP contribution >= 0.6 is 0 Å². The van der Waals surface area contributed by atoms with E-state index in [2.05, 4.69) is 11.1 Å². The second-order valence-electron chi connectivity index (χ2n) is 5.45. The van der Waals surface area contributed by atoms with Crippen LogP contribution in [-0.2, 0) is 20.1 Å². The van der Waals surface area contributed by atoms with E-state index in [4.69, 9.17) is 26.0 Å². The van der Waals surface area contributed by atoms with Gasteiger partial charge in [0.25, 0.3) is 0 Å². The number of fused-ring (bicyclic) bond motifs is 6. The molecule has 0 aliphatic carbocycles. The van der Waals surface area contributed by atoms with Gasteiger partial charge in [-0.15, -0.1) is 29.6 Å². The molecule has 0 amide bonds. The number of pyridine rings is 1. The molecular formula is C25H22IrN2-2. The predicted molar refractivity (Wildman–Crippen MR) is 115 cm³/mol. The SMILES string of the molecule is [2H]c1[c-]c2c(c([2H])c1[2H])c1c([2H])c(C([2H])([2H])[2H])c([2H])c([2H])c1n1c(-c3c(C([2H])([2H])[2H])c([2H])c([2H])c([2H])c3C([2H])([2H])[2H])c([2H])nc21.[CH3-].[Ir]. The molecule has 0 aliphatic rings. The minimum Gasteiger partial charge on any atom is -0.358 e. The number of hydrogen-bond donors (Lipinski definition) is 0. The van der Waals surface area contributed by atoms with Gasteiger partial charge in [-0.3, -0.25) is 4.98 Å². The maximum Gasteiger partial charge on any atom is 0.0853 e. The fourth-order valence-corrected chi connectivity index (χ4v) is 2.92. The van der Waals surface area contributed by atoms with Crippen LogP contribution in [0.4, 0.5) is 0 Å². The van der Waals surface area contributed by atoms with Crippen molar-refractivity contribution in [3.8, 4) is 11.3 Å². The topological polar surface area (TPSA) is 17.3 Å². The monoisotopic (exact) mass is 562 g/mol. The second kappa shape index (κ2) is 7.50. The molecule has 0 saturated heterocycles. The van der Waals surface area contributed by atoms with Crippen molar-refractivity contribution in [2.24, 2.45) is 0 Å². The smallest absolute Gasteiger partial charge is 0.0853 e. The zero-order chi connectivity index (χ0) is 34.0. The molecule has 0 aliphatic heterocycles. The van der Waals surface area contributed by atoms with Crippen LogP contribution in [-0.4, -0.2) is 9.38 Å². The van der Waals surface area contributed by atoms with Gasteiger partial charge in [-0.25, -0.2) is 0 Å². The Kier molecular flexibility index (Phi) is 1.90. The molecule has 5 rings (SSSR count). The zero-order valence-corrected chi connectivity index (χ0v) is 16.6. The summed E-state index contributed by atoms with van der Waals surface area (Å²) in [6.45, 7) is -9.75. The van der Waals surface area contributed by atoms with Crippen molar-refractivity contribution in [2.45, 2.75) is 20.6 Å². The molecular weight excluding hydrogens is 521 g/mol. The van der Waals surface area contributed by atoms with Crippen LogP contribution in [0.15, 0.2) is 60.6 Å². The Morgan fingerprint density at radius 2 is 1.82 bits per heavy atom. The van der Waals surface area contributed by atoms with Crippen LogP contribution in [0, 0.1) is 34.0 Å². The molecule has 28 heavy (non-hydrogen) atoms. The van der Waals surface area contributed by atoms with Crippen LogP contribution < -0.4 is 0 Å². The third-order valence-electron chi connectivity index (χ3n) is 3.99. The molecule has 0 atom stereocenters. The number of nitrogens with zero attached hydrogens (tertiary/aromatic N) is 2. The third-order valence-corrected chi connectivity index (χ3v) is 3.99. The number of aromatic nitrogens is 2. The average Bonchev–Trinajstić information content (AvgIpc) is 3.22. The van der Waals surface area contributed by atoms with Crippen molar-refractivity contribution < 1.29 is 46.1 Å². The van der Waals surface area contributed by atoms with Crippen molar-refractivity contribution in [1.29, 1.82) is 0 Å². The molecule has 1 radical (unpaired) electrons. The number of benzene rings is 3. The van der Waals surface area contributed by atoms with Gasteiger partial charge < -0.3 is 11.8 Å². The van der Waals surface area contributed by atoms with E-state index in [0.29, 0.717) is 0 Å². The summed E-state index contributed by atoms with van der Waals surface area (Å²) in [4.78, 5) is 4.10. The Morgan fingerprint density at radius 3 is 2.57 bits per heavy atom. The quantitative estimate of drug-likeness (QED) is 0.169. The first kappa shape index (κ1) is 7.09. The fraction of sp³-hybridized carbons (Fsp3) is 0.120. The normalized spacial score (nSPS) is 21.9. The summed E-state index contributed by atoms with van der Waals surface area (Å²) < 4.78 is 158. The molecule has 143 valence electrons. The fourth-order valence-electron chi connectivity index (χ4n) is 2.92. The summed E-state index contributed by atoms with van der Waals surface area (Å²) in [7, 11) is 0. The van der Waals surface area contributed by atoms with E-state index >= 15 is 0 Å². The number of imidazole rings is 1. The van der Waals surface area contributed by atoms with E-state index in [1.165, 1.54) is 0 Å². The molecule has 0 bridgehead atoms. The molecule has 2 aromatic heterocycles. The number of rotatable bonds is 1. The van der Waals surface area contributed by atoms with Gasteiger partial charge in [0.1, 0.15) is 0 Å². The predicted octanol–water partition coefficient (Wildman–Crippen LogP) is 6.48. The molecule has 0 saturated carbocycles. The summed E-state index contributed by atoms with van der Waals surface area (Å²) in [5, 5.41) is -1.25. The van der Waals surface area contributed by atoms with Gasteiger partial charge in [0.2, 0.25) is 0 Å². The minimum atomic E-state index is -3.31. The summed E-state index contributed by atoms with van der Waals surface area (Å²) in [5.41, 5.74) is -5.61. The molecule has 0 spiro atoms. The van der Waals surface area contributed by atoms with E-state index in [1.807, 2.05) is 0 Å². The van der Waals surface area contributed by atoms with Crippen LogP contribution in [0.5, 0.6) is 0 Å². The average molecular weight is 562 g/mol. The molecule has 0 N–H and O–H groups in total. The Bertz CT molecular complexity index is 2080. The largest absolute Gasteiger partial charge is 0.358 e. The van der Waals surface area contributed by atoms with Crippen molar-refractivity contribution in [2.75, 3.05) is 0 Å². The van der Waals surface area contributed by atoms with E-state index in [-0.39, 0.29) is 38.3 Å². The van der Waals surface area contributed by atoms with Crippen LogP contribution in [0.2, 0.25) is 0 Å². The molecule has 3 aromatic carbocycles. The first-order chi connectivity index (χ1) is 20.4. The molecule has 5 aromatic rings. The van der Waals surface area contributed by atoms with Crippen molar-refractivity contribution in [3.05, 3.63) is 90.7 Å². The van der Waals surface area contributed by atoms with Crippen molar-refractivity contribution in [1.82, 2.24) is 9.38 Å². The van der Waals surface area contributed by atoms with Gasteiger partial charge >= 0.3 is 0 Å². The zero-order valence-electron chi connectivity index (χ0n) is 33.2. The van der Waals surface area contributed by atoms with Crippen molar-refractivity contribution >= 4 is 27.3 Å². The van der Waals surface area contributed by atoms with Crippen molar-refractivity contribution in [3.63, 3.8) is 0 Å². The van der Waals surface area contributed by atoms with Gasteiger partial charge in [0.15, 0.2) is 0 Å². The third kappa shape index (κ3) is 2.87. The van der Waals surface area contributed by atoms with E-state index in [9.17, 15) is 0 Å². The van der Waals surface area contributed by atoms with Gasteiger partial charge in [-0.1, -0.05) is 41.2 Å². The summed E-state index contributed by atoms with van der Waals surface area (Å²) >= 11 is 0. The van der Waals surface area contributed by atoms with Gasteiger partial charge in [0, 0.05) is 52.4 Å². The molecule has 2 nitrogen and oxygen atoms in total. The Morgan fingerprint density at radius 1 is 1.00 bits per heavy atom. The molecule has 0 fully saturated rings. The van der Waals surface area contributed by atoms with E-state index in [0.717, 1.165) is 4.40 Å². The Hall–Kier alpha value is -2.48. The van der Waals surface area contributed by atoms with E-state index in [1.54, 1.807) is 0 Å². The maximum atomic E-state index is 8.86. The number of hydrogen-bond acceptors (Lipinski definition) is 1. The van der Waals surface area contributed by atoms with Crippen LogP contribution in [0.25, 0.3) is 38.6 Å². The van der Waals surface area contributed by atoms with Crippen LogP contribution in [0.3, 0.4) is 0 Å². The molecule has 3 heteroatoms. The van der Waals surface area contributed by atoms with Gasteiger partial charge in [0.05, 0.1) is 20.9 Å². The van der Waals surface area contributed by atoms with Gasteiger partial charge in [-0.2, -0.15) is 0 Å². The second-order valence-corrected chi connectivity index (χ2v) is 5.45. The Labute approximate surface area is 206 Å². The first-order valence-corrected chi connectivity index (χ1v) is 7.37. The first-order valence-electron chi connectivity index (χ1n) is 16.9. The van der Waals surface area contributed by atoms with E-state index < -0.39 is 126 Å². The minimum absolute atomic E-state index is 0. The molecule has 0 unspecified atom stereocenters. The summed E-state index contributed by atoms with van der Waals surface area (Å²) in [6, 6.07) is -5.44. The standard InChI is InChI=1S/C24H19N2.CH3.Ir/c1-15-11-12-21-20(13-15)18-9-4-5-10-19(18)24-25-14-22(26(21)24)23-16(2)7-6-8-17(23)3;;/h4-9,11-14H,1-3H3;1H3;/q2*-1;/i1D3,2D3,3D3,4D,5D,6D,7D,8D,9D,11D,12D,13D,14D;;. The van der Waals surface area contributed by atoms with Gasteiger partial charge in [-0.05, 0) is 44.5 Å². The Balaban J connectivity index is 0.00000300. The van der Waals surface area contributed by atoms with Crippen LogP contribution in [0.1, 0.15) is 42.7 Å².